The van der Waals surface area contributed by atoms with Crippen LogP contribution < -0.4 is 15.4 Å². The molecule has 0 amide bonds. The first kappa shape index (κ1) is 21.4. The van der Waals surface area contributed by atoms with Crippen molar-refractivity contribution in [3.8, 4) is 17.0 Å². The van der Waals surface area contributed by atoms with Gasteiger partial charge in [-0.2, -0.15) is 4.98 Å². The van der Waals surface area contributed by atoms with E-state index in [1.807, 2.05) is 13.8 Å². The summed E-state index contributed by atoms with van der Waals surface area (Å²) < 4.78 is 55.2. The number of halogens is 4. The third kappa shape index (κ3) is 5.82. The summed E-state index contributed by atoms with van der Waals surface area (Å²) in [5.74, 6) is 0.0236. The van der Waals surface area contributed by atoms with Gasteiger partial charge >= 0.3 is 6.36 Å². The van der Waals surface area contributed by atoms with Crippen LogP contribution in [0.4, 0.5) is 35.0 Å². The summed E-state index contributed by atoms with van der Waals surface area (Å²) in [6.45, 7) is 5.46. The van der Waals surface area contributed by atoms with Gasteiger partial charge in [0.05, 0.1) is 5.69 Å². The summed E-state index contributed by atoms with van der Waals surface area (Å²) in [7, 11) is 0. The number of nitrogens with one attached hydrogen (secondary N) is 2. The molecule has 0 aliphatic heterocycles. The number of hydrogen-bond donors (Lipinski definition) is 2. The molecule has 0 fully saturated rings. The van der Waals surface area contributed by atoms with Crippen LogP contribution in [0, 0.1) is 12.7 Å². The molecule has 2 N–H and O–H groups in total. The van der Waals surface area contributed by atoms with Crippen LogP contribution in [0.2, 0.25) is 0 Å². The zero-order valence-corrected chi connectivity index (χ0v) is 16.5. The lowest BCUT2D eigenvalue weighted by molar-refractivity contribution is -0.274. The molecule has 1 aromatic heterocycles. The Morgan fingerprint density at radius 2 is 1.77 bits per heavy atom. The lowest BCUT2D eigenvalue weighted by Crippen LogP contribution is -2.17. The Labute approximate surface area is 171 Å². The van der Waals surface area contributed by atoms with Gasteiger partial charge in [-0.05, 0) is 56.7 Å². The number of alkyl halides is 3. The highest BCUT2D eigenvalue weighted by molar-refractivity contribution is 5.68. The summed E-state index contributed by atoms with van der Waals surface area (Å²) in [6, 6.07) is 11.7. The van der Waals surface area contributed by atoms with E-state index in [4.69, 9.17) is 0 Å². The maximum atomic E-state index is 13.5. The Hall–Kier alpha value is -3.36. The number of aryl methyl sites for hydroxylation is 1. The normalized spacial score (nSPS) is 11.5. The number of rotatable bonds is 6. The fourth-order valence-electron chi connectivity index (χ4n) is 2.70. The van der Waals surface area contributed by atoms with Crippen molar-refractivity contribution in [1.29, 1.82) is 0 Å². The van der Waals surface area contributed by atoms with Gasteiger partial charge in [-0.1, -0.05) is 12.1 Å². The Morgan fingerprint density at radius 3 is 2.43 bits per heavy atom. The van der Waals surface area contributed by atoms with Crippen LogP contribution in [0.15, 0.2) is 48.5 Å². The molecule has 0 unspecified atom stereocenters. The van der Waals surface area contributed by atoms with Crippen molar-refractivity contribution in [2.45, 2.75) is 33.2 Å². The van der Waals surface area contributed by atoms with E-state index in [2.05, 4.69) is 25.3 Å². The van der Waals surface area contributed by atoms with Gasteiger partial charge in [0.2, 0.25) is 5.95 Å². The SMILES string of the molecule is Cc1cc(Nc2cc(-c3cccc(OC(F)(F)F)c3)nc(NC(C)C)n2)ccc1F. The molecular formula is C21H20F4N4O. The molecule has 0 aliphatic carbocycles. The smallest absolute Gasteiger partial charge is 0.406 e. The van der Waals surface area contributed by atoms with E-state index in [0.29, 0.717) is 34.3 Å². The van der Waals surface area contributed by atoms with Gasteiger partial charge in [-0.25, -0.2) is 9.37 Å². The summed E-state index contributed by atoms with van der Waals surface area (Å²) in [4.78, 5) is 8.79. The van der Waals surface area contributed by atoms with E-state index in [1.54, 1.807) is 31.2 Å². The number of benzene rings is 2. The third-order valence-electron chi connectivity index (χ3n) is 3.94. The number of aromatic nitrogens is 2. The monoisotopic (exact) mass is 420 g/mol. The summed E-state index contributed by atoms with van der Waals surface area (Å²) in [6.07, 6.45) is -4.79. The van der Waals surface area contributed by atoms with Gasteiger partial charge in [0.15, 0.2) is 0 Å². The molecule has 158 valence electrons. The maximum absolute atomic E-state index is 13.5. The zero-order chi connectivity index (χ0) is 21.9. The maximum Gasteiger partial charge on any atom is 0.573 e. The average Bonchev–Trinajstić information content (AvgIpc) is 2.63. The first-order valence-corrected chi connectivity index (χ1v) is 9.14. The topological polar surface area (TPSA) is 59.1 Å². The van der Waals surface area contributed by atoms with Gasteiger partial charge < -0.3 is 15.4 Å². The second-order valence-electron chi connectivity index (χ2n) is 6.93. The molecule has 3 rings (SSSR count). The molecule has 0 spiro atoms. The first-order valence-electron chi connectivity index (χ1n) is 9.14. The highest BCUT2D eigenvalue weighted by Gasteiger charge is 2.31. The van der Waals surface area contributed by atoms with Crippen molar-refractivity contribution in [1.82, 2.24) is 9.97 Å². The van der Waals surface area contributed by atoms with Crippen LogP contribution >= 0.6 is 0 Å². The number of ether oxygens (including phenoxy) is 1. The van der Waals surface area contributed by atoms with Crippen molar-refractivity contribution < 1.29 is 22.3 Å². The predicted molar refractivity (Wildman–Crippen MR) is 107 cm³/mol. The van der Waals surface area contributed by atoms with Gasteiger partial charge in [-0.3, -0.25) is 0 Å². The molecule has 5 nitrogen and oxygen atoms in total. The van der Waals surface area contributed by atoms with Crippen LogP contribution in [0.25, 0.3) is 11.3 Å². The highest BCUT2D eigenvalue weighted by Crippen LogP contribution is 2.29. The second-order valence-corrected chi connectivity index (χ2v) is 6.93. The molecule has 1 heterocycles. The van der Waals surface area contributed by atoms with E-state index in [0.717, 1.165) is 0 Å². The highest BCUT2D eigenvalue weighted by atomic mass is 19.4. The van der Waals surface area contributed by atoms with Crippen LogP contribution in [0.3, 0.4) is 0 Å². The lowest BCUT2D eigenvalue weighted by atomic mass is 10.1. The molecule has 2 aromatic carbocycles. The van der Waals surface area contributed by atoms with E-state index in [1.165, 1.54) is 24.3 Å². The van der Waals surface area contributed by atoms with Crippen molar-refractivity contribution in [3.63, 3.8) is 0 Å². The van der Waals surface area contributed by atoms with Crippen molar-refractivity contribution in [2.75, 3.05) is 10.6 Å². The molecule has 3 aromatic rings. The Morgan fingerprint density at radius 1 is 1.00 bits per heavy atom. The first-order chi connectivity index (χ1) is 14.1. The van der Waals surface area contributed by atoms with Gasteiger partial charge in [-0.15, -0.1) is 13.2 Å². The third-order valence-corrected chi connectivity index (χ3v) is 3.94. The zero-order valence-electron chi connectivity index (χ0n) is 16.5. The van der Waals surface area contributed by atoms with Gasteiger partial charge in [0.1, 0.15) is 17.4 Å². The van der Waals surface area contributed by atoms with E-state index in [-0.39, 0.29) is 17.6 Å². The van der Waals surface area contributed by atoms with Crippen LogP contribution in [-0.4, -0.2) is 22.4 Å². The minimum Gasteiger partial charge on any atom is -0.406 e. The molecule has 0 saturated heterocycles. The molecule has 0 radical (unpaired) electrons. The van der Waals surface area contributed by atoms with Gasteiger partial charge in [0, 0.05) is 23.4 Å². The Balaban J connectivity index is 1.98. The number of nitrogens with zero attached hydrogens (tertiary/aromatic N) is 2. The average molecular weight is 420 g/mol. The molecule has 30 heavy (non-hydrogen) atoms. The van der Waals surface area contributed by atoms with Crippen LogP contribution in [-0.2, 0) is 0 Å². The standard InChI is InChI=1S/C21H20F4N4O/c1-12(2)26-20-28-18(14-5-4-6-16(10-14)30-21(23,24)25)11-19(29-20)27-15-7-8-17(22)13(3)9-15/h4-12H,1-3H3,(H2,26,27,28,29). The minimum absolute atomic E-state index is 0.0288. The van der Waals surface area contributed by atoms with E-state index < -0.39 is 6.36 Å². The largest absolute Gasteiger partial charge is 0.573 e. The van der Waals surface area contributed by atoms with E-state index in [9.17, 15) is 17.6 Å². The van der Waals surface area contributed by atoms with Crippen molar-refractivity contribution in [2.24, 2.45) is 0 Å². The second kappa shape index (κ2) is 8.56. The lowest BCUT2D eigenvalue weighted by Gasteiger charge is -2.14. The number of hydrogen-bond acceptors (Lipinski definition) is 5. The number of anilines is 3. The molecule has 0 saturated carbocycles. The van der Waals surface area contributed by atoms with Crippen LogP contribution in [0.1, 0.15) is 19.4 Å². The molecule has 0 aliphatic rings. The summed E-state index contributed by atoms with van der Waals surface area (Å²) in [5.41, 5.74) is 1.89. The summed E-state index contributed by atoms with van der Waals surface area (Å²) in [5, 5.41) is 6.16. The Kier molecular flexibility index (Phi) is 6.09. The predicted octanol–water partition coefficient (Wildman–Crippen LogP) is 6.05. The molecule has 0 bridgehead atoms. The van der Waals surface area contributed by atoms with E-state index >= 15 is 0 Å². The Bertz CT molecular complexity index is 1040. The summed E-state index contributed by atoms with van der Waals surface area (Å²) >= 11 is 0. The van der Waals surface area contributed by atoms with Crippen molar-refractivity contribution >= 4 is 17.5 Å². The van der Waals surface area contributed by atoms with Crippen molar-refractivity contribution in [3.05, 3.63) is 59.9 Å². The minimum atomic E-state index is -4.79. The van der Waals surface area contributed by atoms with Crippen LogP contribution in [0.5, 0.6) is 5.75 Å². The molecular weight excluding hydrogens is 400 g/mol. The fourth-order valence-corrected chi connectivity index (χ4v) is 2.70. The molecule has 0 atom stereocenters. The quantitative estimate of drug-likeness (QED) is 0.475. The molecule has 9 heteroatoms. The van der Waals surface area contributed by atoms with Gasteiger partial charge in [0.25, 0.3) is 0 Å². The fraction of sp³-hybridized carbons (Fsp3) is 0.238.